The SMILES string of the molecule is Cc1cc(C(=O)NC[C@H]2CC[C@@H](Nc3nc(N(C)C)c4ccccc4n3)CC2)c(C)n1Cc1cccs1. The predicted molar refractivity (Wildman–Crippen MR) is 153 cm³/mol. The molecule has 0 unspecified atom stereocenters. The molecule has 0 radical (unpaired) electrons. The normalized spacial score (nSPS) is 17.6. The van der Waals surface area contributed by atoms with Crippen molar-refractivity contribution in [3.8, 4) is 0 Å². The summed E-state index contributed by atoms with van der Waals surface area (Å²) >= 11 is 1.75. The number of carbonyl (C=O) groups excluding carboxylic acids is 1. The number of rotatable bonds is 8. The molecule has 1 aromatic carbocycles. The Labute approximate surface area is 222 Å². The number of nitrogens with one attached hydrogen (secondary N) is 2. The molecule has 0 atom stereocenters. The highest BCUT2D eigenvalue weighted by atomic mass is 32.1. The summed E-state index contributed by atoms with van der Waals surface area (Å²) in [6.07, 6.45) is 4.24. The van der Waals surface area contributed by atoms with E-state index in [1.807, 2.05) is 50.2 Å². The van der Waals surface area contributed by atoms with Crippen LogP contribution in [0.1, 0.15) is 52.3 Å². The molecule has 0 aliphatic heterocycles. The Morgan fingerprint density at radius 2 is 1.86 bits per heavy atom. The summed E-state index contributed by atoms with van der Waals surface area (Å²) in [4.78, 5) is 25.9. The van der Waals surface area contributed by atoms with E-state index in [4.69, 9.17) is 9.97 Å². The van der Waals surface area contributed by atoms with Gasteiger partial charge in [-0.05, 0) is 75.1 Å². The van der Waals surface area contributed by atoms with Crippen molar-refractivity contribution in [1.29, 1.82) is 0 Å². The molecule has 1 amide bonds. The Balaban J connectivity index is 1.15. The van der Waals surface area contributed by atoms with Gasteiger partial charge in [-0.15, -0.1) is 11.3 Å². The molecule has 2 N–H and O–H groups in total. The molecule has 0 spiro atoms. The molecule has 1 saturated carbocycles. The molecule has 7 nitrogen and oxygen atoms in total. The van der Waals surface area contributed by atoms with Gasteiger partial charge in [-0.2, -0.15) is 4.98 Å². The number of aryl methyl sites for hydroxylation is 1. The summed E-state index contributed by atoms with van der Waals surface area (Å²) in [6.45, 7) is 5.66. The van der Waals surface area contributed by atoms with Crippen molar-refractivity contribution < 1.29 is 4.79 Å². The van der Waals surface area contributed by atoms with Crippen molar-refractivity contribution >= 4 is 39.9 Å². The molecule has 5 rings (SSSR count). The summed E-state index contributed by atoms with van der Waals surface area (Å²) in [5, 5.41) is 9.94. The maximum atomic E-state index is 13.0. The highest BCUT2D eigenvalue weighted by Crippen LogP contribution is 2.28. The van der Waals surface area contributed by atoms with Gasteiger partial charge in [0.15, 0.2) is 0 Å². The third-order valence-corrected chi connectivity index (χ3v) is 8.31. The summed E-state index contributed by atoms with van der Waals surface area (Å²) < 4.78 is 2.23. The van der Waals surface area contributed by atoms with Crippen molar-refractivity contribution in [2.75, 3.05) is 30.9 Å². The number of aromatic nitrogens is 3. The first-order valence-electron chi connectivity index (χ1n) is 13.1. The van der Waals surface area contributed by atoms with Crippen LogP contribution >= 0.6 is 11.3 Å². The molecule has 37 heavy (non-hydrogen) atoms. The third kappa shape index (κ3) is 5.64. The summed E-state index contributed by atoms with van der Waals surface area (Å²) in [6, 6.07) is 14.7. The number of hydrogen-bond donors (Lipinski definition) is 2. The number of para-hydroxylation sites is 1. The maximum absolute atomic E-state index is 13.0. The second-order valence-corrected chi connectivity index (χ2v) is 11.3. The number of carbonyl (C=O) groups is 1. The minimum atomic E-state index is 0.0338. The monoisotopic (exact) mass is 516 g/mol. The lowest BCUT2D eigenvalue weighted by atomic mass is 9.86. The van der Waals surface area contributed by atoms with Crippen LogP contribution in [0.15, 0.2) is 47.8 Å². The van der Waals surface area contributed by atoms with Gasteiger partial charge in [0.2, 0.25) is 5.95 Å². The van der Waals surface area contributed by atoms with Crippen LogP contribution < -0.4 is 15.5 Å². The van der Waals surface area contributed by atoms with E-state index >= 15 is 0 Å². The van der Waals surface area contributed by atoms with Crippen LogP contribution in [0.4, 0.5) is 11.8 Å². The van der Waals surface area contributed by atoms with Gasteiger partial charge in [-0.25, -0.2) is 4.98 Å². The topological polar surface area (TPSA) is 75.1 Å². The van der Waals surface area contributed by atoms with Crippen molar-refractivity contribution in [2.45, 2.75) is 52.1 Å². The van der Waals surface area contributed by atoms with Crippen LogP contribution in [0.2, 0.25) is 0 Å². The first-order chi connectivity index (χ1) is 17.9. The van der Waals surface area contributed by atoms with Crippen molar-refractivity contribution in [3.05, 3.63) is 69.7 Å². The van der Waals surface area contributed by atoms with E-state index in [2.05, 4.69) is 45.7 Å². The molecule has 3 heterocycles. The van der Waals surface area contributed by atoms with E-state index in [9.17, 15) is 4.79 Å². The number of benzene rings is 1. The molecular formula is C29H36N6OS. The molecule has 1 fully saturated rings. The molecular weight excluding hydrogens is 480 g/mol. The predicted octanol–water partition coefficient (Wildman–Crippen LogP) is 5.62. The number of thiophene rings is 1. The number of anilines is 2. The minimum Gasteiger partial charge on any atom is -0.362 e. The Hall–Kier alpha value is -3.39. The fourth-order valence-electron chi connectivity index (χ4n) is 5.32. The van der Waals surface area contributed by atoms with Gasteiger partial charge in [-0.1, -0.05) is 18.2 Å². The Kier molecular flexibility index (Phi) is 7.46. The van der Waals surface area contributed by atoms with E-state index in [0.717, 1.165) is 72.4 Å². The van der Waals surface area contributed by atoms with Crippen molar-refractivity contribution in [3.63, 3.8) is 0 Å². The van der Waals surface area contributed by atoms with E-state index in [1.54, 1.807) is 11.3 Å². The quantitative estimate of drug-likeness (QED) is 0.318. The van der Waals surface area contributed by atoms with E-state index < -0.39 is 0 Å². The van der Waals surface area contributed by atoms with Gasteiger partial charge < -0.3 is 20.1 Å². The standard InChI is InChI=1S/C29H36N6OS/c1-19-16-25(20(2)35(19)18-23-8-7-15-37-23)28(36)30-17-21-11-13-22(14-12-21)31-29-32-26-10-6-5-9-24(26)27(33-29)34(3)4/h5-10,15-16,21-22H,11-14,17-18H2,1-4H3,(H,30,36)(H,31,32,33)/t21-,22+. The fraction of sp³-hybridized carbons (Fsp3) is 0.414. The molecule has 0 bridgehead atoms. The number of hydrogen-bond acceptors (Lipinski definition) is 6. The van der Waals surface area contributed by atoms with E-state index in [1.165, 1.54) is 4.88 Å². The smallest absolute Gasteiger partial charge is 0.253 e. The number of fused-ring (bicyclic) bond motifs is 1. The van der Waals surface area contributed by atoms with E-state index in [0.29, 0.717) is 17.9 Å². The van der Waals surface area contributed by atoms with Gasteiger partial charge in [0.05, 0.1) is 17.6 Å². The summed E-state index contributed by atoms with van der Waals surface area (Å²) in [7, 11) is 4.03. The second-order valence-electron chi connectivity index (χ2n) is 10.3. The number of nitrogens with zero attached hydrogens (tertiary/aromatic N) is 4. The third-order valence-electron chi connectivity index (χ3n) is 7.45. The molecule has 8 heteroatoms. The molecule has 194 valence electrons. The molecule has 1 aliphatic carbocycles. The average molecular weight is 517 g/mol. The molecule has 0 saturated heterocycles. The van der Waals surface area contributed by atoms with Crippen LogP contribution in [0.3, 0.4) is 0 Å². The van der Waals surface area contributed by atoms with Crippen molar-refractivity contribution in [2.24, 2.45) is 5.92 Å². The van der Waals surface area contributed by atoms with Crippen LogP contribution in [0.5, 0.6) is 0 Å². The van der Waals surface area contributed by atoms with E-state index in [-0.39, 0.29) is 5.91 Å². The molecule has 4 aromatic rings. The minimum absolute atomic E-state index is 0.0338. The van der Waals surface area contributed by atoms with Gasteiger partial charge in [-0.3, -0.25) is 4.79 Å². The van der Waals surface area contributed by atoms with Gasteiger partial charge in [0.25, 0.3) is 5.91 Å². The molecule has 3 aromatic heterocycles. The van der Waals surface area contributed by atoms with Crippen molar-refractivity contribution in [1.82, 2.24) is 19.9 Å². The lowest BCUT2D eigenvalue weighted by molar-refractivity contribution is 0.0942. The van der Waals surface area contributed by atoms with Crippen LogP contribution in [0.25, 0.3) is 10.9 Å². The zero-order valence-electron chi connectivity index (χ0n) is 22.1. The lowest BCUT2D eigenvalue weighted by Gasteiger charge is -2.29. The second kappa shape index (κ2) is 10.9. The maximum Gasteiger partial charge on any atom is 0.253 e. The Bertz CT molecular complexity index is 1370. The van der Waals surface area contributed by atoms with Gasteiger partial charge in [0.1, 0.15) is 5.82 Å². The fourth-order valence-corrected chi connectivity index (χ4v) is 6.02. The number of amides is 1. The lowest BCUT2D eigenvalue weighted by Crippen LogP contribution is -2.34. The Morgan fingerprint density at radius 3 is 2.59 bits per heavy atom. The summed E-state index contributed by atoms with van der Waals surface area (Å²) in [5.74, 6) is 2.15. The van der Waals surface area contributed by atoms with Gasteiger partial charge in [0, 0.05) is 48.3 Å². The highest BCUT2D eigenvalue weighted by molar-refractivity contribution is 7.09. The zero-order valence-corrected chi connectivity index (χ0v) is 22.9. The Morgan fingerprint density at radius 1 is 1.08 bits per heavy atom. The zero-order chi connectivity index (χ0) is 25.9. The first kappa shape index (κ1) is 25.3. The largest absolute Gasteiger partial charge is 0.362 e. The molecule has 1 aliphatic rings. The van der Waals surface area contributed by atoms with Crippen LogP contribution in [-0.4, -0.2) is 47.1 Å². The summed E-state index contributed by atoms with van der Waals surface area (Å²) in [5.41, 5.74) is 3.89. The highest BCUT2D eigenvalue weighted by Gasteiger charge is 2.24. The van der Waals surface area contributed by atoms with Gasteiger partial charge >= 0.3 is 0 Å². The van der Waals surface area contributed by atoms with Crippen LogP contribution in [-0.2, 0) is 6.54 Å². The average Bonchev–Trinajstić information content (AvgIpc) is 3.51. The first-order valence-corrected chi connectivity index (χ1v) is 13.9. The van der Waals surface area contributed by atoms with Crippen LogP contribution in [0, 0.1) is 19.8 Å².